The monoisotopic (exact) mass is 288 g/mol. The van der Waals surface area contributed by atoms with Crippen molar-refractivity contribution in [2.75, 3.05) is 7.11 Å². The molecule has 0 saturated carbocycles. The number of hydrogen-bond acceptors (Lipinski definition) is 2. The average Bonchev–Trinajstić information content (AvgIpc) is 2.40. The van der Waals surface area contributed by atoms with Crippen LogP contribution in [0.25, 0.3) is 0 Å². The second kappa shape index (κ2) is 5.86. The van der Waals surface area contributed by atoms with Crippen molar-refractivity contribution in [3.63, 3.8) is 0 Å². The number of hydrogen-bond donors (Lipinski definition) is 1. The minimum atomic E-state index is -1.06. The van der Waals surface area contributed by atoms with E-state index >= 15 is 0 Å². The minimum absolute atomic E-state index is 0.286. The van der Waals surface area contributed by atoms with Gasteiger partial charge in [-0.3, -0.25) is 0 Å². The zero-order valence-electron chi connectivity index (χ0n) is 12.9. The lowest BCUT2D eigenvalue weighted by atomic mass is 9.85. The highest BCUT2D eigenvalue weighted by molar-refractivity contribution is 5.44. The molecule has 2 nitrogen and oxygen atoms in total. The molecule has 0 aliphatic rings. The molecule has 1 N–H and O–H groups in total. The summed E-state index contributed by atoms with van der Waals surface area (Å²) in [7, 11) is 1.63. The Morgan fingerprint density at radius 3 is 2.48 bits per heavy atom. The second-order valence-electron chi connectivity index (χ2n) is 5.72. The molecule has 0 heterocycles. The van der Waals surface area contributed by atoms with Crippen LogP contribution in [0.3, 0.4) is 0 Å². The fraction of sp³-hybridized carbons (Fsp3) is 0.333. The first-order chi connectivity index (χ1) is 9.83. The predicted octanol–water partition coefficient (Wildman–Crippen LogP) is 3.90. The summed E-state index contributed by atoms with van der Waals surface area (Å²) >= 11 is 0. The van der Waals surface area contributed by atoms with Crippen molar-refractivity contribution < 1.29 is 14.2 Å². The van der Waals surface area contributed by atoms with Gasteiger partial charge in [0.25, 0.3) is 0 Å². The zero-order chi connectivity index (χ0) is 15.6. The fourth-order valence-corrected chi connectivity index (χ4v) is 2.73. The van der Waals surface area contributed by atoms with E-state index in [2.05, 4.69) is 0 Å². The third kappa shape index (κ3) is 3.42. The van der Waals surface area contributed by atoms with E-state index in [9.17, 15) is 9.50 Å². The van der Waals surface area contributed by atoms with Crippen molar-refractivity contribution in [2.45, 2.75) is 32.8 Å². The highest BCUT2D eigenvalue weighted by Gasteiger charge is 2.26. The van der Waals surface area contributed by atoms with E-state index in [-0.39, 0.29) is 5.82 Å². The van der Waals surface area contributed by atoms with Gasteiger partial charge in [-0.2, -0.15) is 0 Å². The van der Waals surface area contributed by atoms with Crippen LogP contribution in [0.4, 0.5) is 4.39 Å². The molecular formula is C18H21FO2. The number of methoxy groups -OCH3 is 1. The topological polar surface area (TPSA) is 29.5 Å². The standard InChI is InChI=1S/C18H21FO2/c1-12-9-17(21-4)13(2)8-16(12)18(3,20)11-14-6-5-7-15(19)10-14/h5-10,20H,11H2,1-4H3. The van der Waals surface area contributed by atoms with Gasteiger partial charge >= 0.3 is 0 Å². The molecule has 1 unspecified atom stereocenters. The molecule has 112 valence electrons. The molecule has 0 fully saturated rings. The first kappa shape index (κ1) is 15.5. The predicted molar refractivity (Wildman–Crippen MR) is 82.1 cm³/mol. The van der Waals surface area contributed by atoms with Crippen molar-refractivity contribution in [2.24, 2.45) is 0 Å². The van der Waals surface area contributed by atoms with Crippen LogP contribution in [0.15, 0.2) is 36.4 Å². The van der Waals surface area contributed by atoms with Gasteiger partial charge in [0.05, 0.1) is 12.7 Å². The van der Waals surface area contributed by atoms with Gasteiger partial charge < -0.3 is 9.84 Å². The number of halogens is 1. The molecule has 0 aliphatic carbocycles. The van der Waals surface area contributed by atoms with Crippen LogP contribution in [0.2, 0.25) is 0 Å². The van der Waals surface area contributed by atoms with Gasteiger partial charge in [-0.1, -0.05) is 12.1 Å². The second-order valence-corrected chi connectivity index (χ2v) is 5.72. The molecule has 0 spiro atoms. The van der Waals surface area contributed by atoms with E-state index in [0.29, 0.717) is 6.42 Å². The van der Waals surface area contributed by atoms with E-state index in [1.54, 1.807) is 20.1 Å². The lowest BCUT2D eigenvalue weighted by molar-refractivity contribution is 0.0568. The van der Waals surface area contributed by atoms with Crippen LogP contribution in [0.5, 0.6) is 5.75 Å². The summed E-state index contributed by atoms with van der Waals surface area (Å²) in [5, 5.41) is 10.8. The molecule has 2 aromatic carbocycles. The van der Waals surface area contributed by atoms with E-state index in [0.717, 1.165) is 28.0 Å². The van der Waals surface area contributed by atoms with Crippen molar-refractivity contribution in [3.05, 3.63) is 64.5 Å². The van der Waals surface area contributed by atoms with Crippen molar-refractivity contribution in [1.82, 2.24) is 0 Å². The first-order valence-electron chi connectivity index (χ1n) is 6.96. The maximum Gasteiger partial charge on any atom is 0.123 e. The minimum Gasteiger partial charge on any atom is -0.496 e. The van der Waals surface area contributed by atoms with Gasteiger partial charge in [0, 0.05) is 6.42 Å². The number of benzene rings is 2. The van der Waals surface area contributed by atoms with Crippen molar-refractivity contribution in [1.29, 1.82) is 0 Å². The molecule has 0 aromatic heterocycles. The summed E-state index contributed by atoms with van der Waals surface area (Å²) in [6.45, 7) is 5.64. The van der Waals surface area contributed by atoms with Crippen LogP contribution in [-0.4, -0.2) is 12.2 Å². The third-order valence-corrected chi connectivity index (χ3v) is 3.76. The Kier molecular flexibility index (Phi) is 4.33. The highest BCUT2D eigenvalue weighted by Crippen LogP contribution is 2.32. The smallest absolute Gasteiger partial charge is 0.123 e. The van der Waals surface area contributed by atoms with E-state index in [1.807, 2.05) is 32.0 Å². The largest absolute Gasteiger partial charge is 0.496 e. The van der Waals surface area contributed by atoms with Gasteiger partial charge in [0.15, 0.2) is 0 Å². The van der Waals surface area contributed by atoms with Crippen LogP contribution >= 0.6 is 0 Å². The Bertz CT molecular complexity index is 648. The zero-order valence-corrected chi connectivity index (χ0v) is 12.9. The maximum absolute atomic E-state index is 13.3. The Labute approximate surface area is 125 Å². The quantitative estimate of drug-likeness (QED) is 0.924. The Hall–Kier alpha value is -1.87. The SMILES string of the molecule is COc1cc(C)c(C(C)(O)Cc2cccc(F)c2)cc1C. The number of ether oxygens (including phenoxy) is 1. The van der Waals surface area contributed by atoms with E-state index in [1.165, 1.54) is 12.1 Å². The maximum atomic E-state index is 13.3. The van der Waals surface area contributed by atoms with Gasteiger partial charge in [-0.25, -0.2) is 4.39 Å². The highest BCUT2D eigenvalue weighted by atomic mass is 19.1. The van der Waals surface area contributed by atoms with Crippen LogP contribution in [-0.2, 0) is 12.0 Å². The normalized spacial score (nSPS) is 13.8. The average molecular weight is 288 g/mol. The van der Waals surface area contributed by atoms with Crippen molar-refractivity contribution >= 4 is 0 Å². The van der Waals surface area contributed by atoms with Crippen molar-refractivity contribution in [3.8, 4) is 5.75 Å². The summed E-state index contributed by atoms with van der Waals surface area (Å²) in [4.78, 5) is 0. The molecule has 2 aromatic rings. The fourth-order valence-electron chi connectivity index (χ4n) is 2.73. The van der Waals surface area contributed by atoms with Crippen LogP contribution in [0, 0.1) is 19.7 Å². The summed E-state index contributed by atoms with van der Waals surface area (Å²) < 4.78 is 18.6. The van der Waals surface area contributed by atoms with Gasteiger partial charge in [-0.15, -0.1) is 0 Å². The summed E-state index contributed by atoms with van der Waals surface area (Å²) in [6.07, 6.45) is 0.359. The molecule has 0 saturated heterocycles. The molecule has 0 radical (unpaired) electrons. The lowest BCUT2D eigenvalue weighted by Crippen LogP contribution is -2.25. The Balaban J connectivity index is 2.37. The molecular weight excluding hydrogens is 267 g/mol. The summed E-state index contributed by atoms with van der Waals surface area (Å²) in [6, 6.07) is 10.2. The number of aliphatic hydroxyl groups is 1. The third-order valence-electron chi connectivity index (χ3n) is 3.76. The molecule has 21 heavy (non-hydrogen) atoms. The molecule has 0 aliphatic heterocycles. The molecule has 3 heteroatoms. The summed E-state index contributed by atoms with van der Waals surface area (Å²) in [5.41, 5.74) is 2.48. The van der Waals surface area contributed by atoms with Gasteiger partial charge in [-0.05, 0) is 67.3 Å². The molecule has 1 atom stereocenters. The number of aryl methyl sites for hydroxylation is 2. The Morgan fingerprint density at radius 2 is 1.86 bits per heavy atom. The number of rotatable bonds is 4. The van der Waals surface area contributed by atoms with E-state index < -0.39 is 5.60 Å². The molecule has 0 bridgehead atoms. The summed E-state index contributed by atoms with van der Waals surface area (Å²) in [5.74, 6) is 0.517. The van der Waals surface area contributed by atoms with Gasteiger partial charge in [0.1, 0.15) is 11.6 Å². The lowest BCUT2D eigenvalue weighted by Gasteiger charge is -2.27. The van der Waals surface area contributed by atoms with E-state index in [4.69, 9.17) is 4.74 Å². The first-order valence-corrected chi connectivity index (χ1v) is 6.96. The van der Waals surface area contributed by atoms with Crippen LogP contribution < -0.4 is 4.74 Å². The Morgan fingerprint density at radius 1 is 1.14 bits per heavy atom. The molecule has 0 amide bonds. The van der Waals surface area contributed by atoms with Gasteiger partial charge in [0.2, 0.25) is 0 Å². The van der Waals surface area contributed by atoms with Crippen LogP contribution in [0.1, 0.15) is 29.2 Å². The molecule has 2 rings (SSSR count).